The van der Waals surface area contributed by atoms with Crippen LogP contribution >= 0.6 is 11.6 Å². The molecule has 0 unspecified atom stereocenters. The number of piperidine rings is 1. The average molecular weight is 468 g/mol. The van der Waals surface area contributed by atoms with Crippen LogP contribution in [0.2, 0.25) is 5.02 Å². The molecule has 0 atom stereocenters. The minimum atomic E-state index is -0.451. The number of nitrogens with one attached hydrogen (secondary N) is 2. The van der Waals surface area contributed by atoms with E-state index in [4.69, 9.17) is 16.3 Å². The summed E-state index contributed by atoms with van der Waals surface area (Å²) >= 11 is 5.82. The SMILES string of the molecule is O=C1N(c2ccc(-n3ccc(OCc4ccc(Cl)cn4)cc3=O)c(=O)[nH]2)CC12CCNCC2. The van der Waals surface area contributed by atoms with Gasteiger partial charge in [-0.15, -0.1) is 0 Å². The number of hydrogen-bond donors (Lipinski definition) is 2. The van der Waals surface area contributed by atoms with Crippen molar-refractivity contribution >= 4 is 23.3 Å². The number of ether oxygens (including phenoxy) is 1. The number of carbonyl (C=O) groups is 1. The Balaban J connectivity index is 1.30. The number of rotatable bonds is 5. The van der Waals surface area contributed by atoms with Crippen molar-refractivity contribution in [3.63, 3.8) is 0 Å². The fourth-order valence-corrected chi connectivity index (χ4v) is 4.42. The van der Waals surface area contributed by atoms with Crippen molar-refractivity contribution in [2.75, 3.05) is 24.5 Å². The number of aromatic nitrogens is 3. The molecule has 170 valence electrons. The molecule has 5 heterocycles. The molecule has 3 aromatic heterocycles. The van der Waals surface area contributed by atoms with Crippen LogP contribution in [0, 0.1) is 5.41 Å². The van der Waals surface area contributed by atoms with Crippen LogP contribution in [0.5, 0.6) is 5.75 Å². The quantitative estimate of drug-likeness (QED) is 0.554. The van der Waals surface area contributed by atoms with Gasteiger partial charge in [-0.05, 0) is 56.3 Å². The summed E-state index contributed by atoms with van der Waals surface area (Å²) in [6, 6.07) is 9.56. The number of carbonyl (C=O) groups excluding carboxylic acids is 1. The molecule has 0 bridgehead atoms. The predicted molar refractivity (Wildman–Crippen MR) is 123 cm³/mol. The van der Waals surface area contributed by atoms with E-state index in [2.05, 4.69) is 15.3 Å². The Labute approximate surface area is 194 Å². The molecular formula is C23H22ClN5O4. The maximum absolute atomic E-state index is 12.8. The van der Waals surface area contributed by atoms with Gasteiger partial charge in [0.25, 0.3) is 11.1 Å². The monoisotopic (exact) mass is 467 g/mol. The molecule has 2 saturated heterocycles. The highest BCUT2D eigenvalue weighted by Crippen LogP contribution is 2.41. The van der Waals surface area contributed by atoms with Crippen LogP contribution in [0.15, 0.2) is 58.4 Å². The lowest BCUT2D eigenvalue weighted by molar-refractivity contribution is -0.137. The van der Waals surface area contributed by atoms with Crippen molar-refractivity contribution in [2.24, 2.45) is 5.41 Å². The number of amides is 1. The van der Waals surface area contributed by atoms with E-state index >= 15 is 0 Å². The first-order chi connectivity index (χ1) is 15.9. The van der Waals surface area contributed by atoms with E-state index < -0.39 is 11.1 Å². The third-order valence-corrected chi connectivity index (χ3v) is 6.43. The molecule has 1 spiro atoms. The zero-order valence-corrected chi connectivity index (χ0v) is 18.5. The summed E-state index contributed by atoms with van der Waals surface area (Å²) in [6.45, 7) is 2.43. The number of pyridine rings is 3. The van der Waals surface area contributed by atoms with Crippen molar-refractivity contribution in [1.82, 2.24) is 19.9 Å². The average Bonchev–Trinajstić information content (AvgIpc) is 2.83. The molecule has 2 aliphatic heterocycles. The summed E-state index contributed by atoms with van der Waals surface area (Å²) in [6.07, 6.45) is 4.62. The molecule has 0 aliphatic carbocycles. The first-order valence-electron chi connectivity index (χ1n) is 10.7. The van der Waals surface area contributed by atoms with E-state index in [0.29, 0.717) is 28.8 Å². The summed E-state index contributed by atoms with van der Waals surface area (Å²) in [5.74, 6) is 0.849. The zero-order chi connectivity index (χ0) is 23.0. The molecule has 5 rings (SSSR count). The minimum absolute atomic E-state index is 0.0428. The summed E-state index contributed by atoms with van der Waals surface area (Å²) in [5.41, 5.74) is -0.340. The van der Waals surface area contributed by atoms with Crippen LogP contribution in [0.4, 0.5) is 5.82 Å². The van der Waals surface area contributed by atoms with Crippen molar-refractivity contribution in [3.8, 4) is 11.4 Å². The predicted octanol–water partition coefficient (Wildman–Crippen LogP) is 1.87. The zero-order valence-electron chi connectivity index (χ0n) is 17.7. The van der Waals surface area contributed by atoms with Gasteiger partial charge in [0.05, 0.1) is 16.1 Å². The van der Waals surface area contributed by atoms with Gasteiger partial charge in [0.2, 0.25) is 5.91 Å². The molecule has 2 N–H and O–H groups in total. The summed E-state index contributed by atoms with van der Waals surface area (Å²) in [7, 11) is 0. The lowest BCUT2D eigenvalue weighted by Gasteiger charge is -2.50. The molecular weight excluding hydrogens is 446 g/mol. The molecule has 3 aromatic rings. The third-order valence-electron chi connectivity index (χ3n) is 6.21. The van der Waals surface area contributed by atoms with Gasteiger partial charge in [0.15, 0.2) is 0 Å². The number of aromatic amines is 1. The molecule has 0 aromatic carbocycles. The van der Waals surface area contributed by atoms with E-state index in [-0.39, 0.29) is 23.6 Å². The Morgan fingerprint density at radius 2 is 1.91 bits per heavy atom. The second-order valence-electron chi connectivity index (χ2n) is 8.31. The van der Waals surface area contributed by atoms with Crippen LogP contribution in [-0.4, -0.2) is 40.1 Å². The van der Waals surface area contributed by atoms with Crippen molar-refractivity contribution in [2.45, 2.75) is 19.4 Å². The number of anilines is 1. The lowest BCUT2D eigenvalue weighted by atomic mass is 9.71. The summed E-state index contributed by atoms with van der Waals surface area (Å²) < 4.78 is 6.86. The Morgan fingerprint density at radius 1 is 1.09 bits per heavy atom. The van der Waals surface area contributed by atoms with Crippen LogP contribution < -0.4 is 26.1 Å². The first kappa shape index (κ1) is 21.4. The highest BCUT2D eigenvalue weighted by atomic mass is 35.5. The Bertz CT molecular complexity index is 1310. The Kier molecular flexibility index (Phi) is 5.51. The van der Waals surface area contributed by atoms with Crippen LogP contribution in [0.3, 0.4) is 0 Å². The second kappa shape index (κ2) is 8.49. The van der Waals surface area contributed by atoms with Gasteiger partial charge in [-0.25, -0.2) is 0 Å². The van der Waals surface area contributed by atoms with Gasteiger partial charge >= 0.3 is 0 Å². The van der Waals surface area contributed by atoms with Crippen LogP contribution in [0.25, 0.3) is 5.69 Å². The standard InChI is InChI=1S/C23H22ClN5O4/c24-15-1-2-16(26-12-15)13-33-17-5-10-28(20(30)11-17)18-3-4-19(27-21(18)31)29-14-23(22(29)32)6-8-25-9-7-23/h1-5,10-12,25H,6-9,13-14H2,(H,27,31). The van der Waals surface area contributed by atoms with Gasteiger partial charge < -0.3 is 15.0 Å². The molecule has 9 nitrogen and oxygen atoms in total. The van der Waals surface area contributed by atoms with Gasteiger partial charge in [-0.2, -0.15) is 0 Å². The van der Waals surface area contributed by atoms with Gasteiger partial charge in [0, 0.05) is 25.0 Å². The first-order valence-corrected chi connectivity index (χ1v) is 11.1. The molecule has 2 aliphatic rings. The molecule has 0 saturated carbocycles. The maximum Gasteiger partial charge on any atom is 0.273 e. The smallest absolute Gasteiger partial charge is 0.273 e. The van der Waals surface area contributed by atoms with Crippen LogP contribution in [-0.2, 0) is 11.4 Å². The Hall–Kier alpha value is -3.43. The highest BCUT2D eigenvalue weighted by Gasteiger charge is 2.52. The minimum Gasteiger partial charge on any atom is -0.487 e. The largest absolute Gasteiger partial charge is 0.487 e. The number of β-lactam (4-membered cyclic amide) rings is 1. The fourth-order valence-electron chi connectivity index (χ4n) is 4.31. The highest BCUT2D eigenvalue weighted by molar-refractivity contribution is 6.30. The number of nitrogens with zero attached hydrogens (tertiary/aromatic N) is 3. The van der Waals surface area contributed by atoms with Crippen molar-refractivity contribution < 1.29 is 9.53 Å². The fraction of sp³-hybridized carbons (Fsp3) is 0.304. The topological polar surface area (TPSA) is 109 Å². The van der Waals surface area contributed by atoms with E-state index in [1.54, 1.807) is 35.2 Å². The maximum atomic E-state index is 12.8. The van der Waals surface area contributed by atoms with Crippen molar-refractivity contribution in [1.29, 1.82) is 0 Å². The number of H-pyrrole nitrogens is 1. The summed E-state index contributed by atoms with van der Waals surface area (Å²) in [4.78, 5) is 46.6. The van der Waals surface area contributed by atoms with Crippen molar-refractivity contribution in [3.05, 3.63) is 80.2 Å². The van der Waals surface area contributed by atoms with E-state index in [0.717, 1.165) is 25.9 Å². The summed E-state index contributed by atoms with van der Waals surface area (Å²) in [5, 5.41) is 3.80. The third kappa shape index (κ3) is 4.05. The van der Waals surface area contributed by atoms with Gasteiger partial charge in [-0.3, -0.25) is 28.8 Å². The molecule has 2 fully saturated rings. The molecule has 0 radical (unpaired) electrons. The van der Waals surface area contributed by atoms with E-state index in [9.17, 15) is 14.4 Å². The normalized spacial score (nSPS) is 17.1. The van der Waals surface area contributed by atoms with Gasteiger partial charge in [0.1, 0.15) is 23.9 Å². The molecule has 10 heteroatoms. The molecule has 1 amide bonds. The molecule has 33 heavy (non-hydrogen) atoms. The van der Waals surface area contributed by atoms with E-state index in [1.807, 2.05) is 0 Å². The second-order valence-corrected chi connectivity index (χ2v) is 8.74. The Morgan fingerprint density at radius 3 is 2.58 bits per heavy atom. The van der Waals surface area contributed by atoms with E-state index in [1.165, 1.54) is 23.0 Å². The van der Waals surface area contributed by atoms with Crippen LogP contribution in [0.1, 0.15) is 18.5 Å². The lowest BCUT2D eigenvalue weighted by Crippen LogP contribution is -2.65. The van der Waals surface area contributed by atoms with Gasteiger partial charge in [-0.1, -0.05) is 11.6 Å². The number of hydrogen-bond acceptors (Lipinski definition) is 6. The number of halogens is 1.